The van der Waals surface area contributed by atoms with Crippen LogP contribution in [0.15, 0.2) is 24.4 Å². The van der Waals surface area contributed by atoms with E-state index in [9.17, 15) is 4.79 Å². The Hall–Kier alpha value is -3.34. The largest absolute Gasteiger partial charge is 0.481 e. The van der Waals surface area contributed by atoms with Gasteiger partial charge in [-0.2, -0.15) is 5.26 Å². The first-order valence-corrected chi connectivity index (χ1v) is 8.22. The second-order valence-electron chi connectivity index (χ2n) is 6.39. The van der Waals surface area contributed by atoms with Gasteiger partial charge in [0.1, 0.15) is 5.69 Å². The van der Waals surface area contributed by atoms with Crippen LogP contribution in [0.5, 0.6) is 11.8 Å². The predicted molar refractivity (Wildman–Crippen MR) is 92.5 cm³/mol. The van der Waals surface area contributed by atoms with E-state index in [1.165, 1.54) is 4.90 Å². The van der Waals surface area contributed by atoms with Crippen LogP contribution in [-0.2, 0) is 4.79 Å². The molecule has 8 nitrogen and oxygen atoms in total. The van der Waals surface area contributed by atoms with Gasteiger partial charge in [-0.3, -0.25) is 4.79 Å². The van der Waals surface area contributed by atoms with Crippen LogP contribution in [0.3, 0.4) is 0 Å². The molecule has 26 heavy (non-hydrogen) atoms. The Balaban J connectivity index is 1.67. The second kappa shape index (κ2) is 5.88. The number of hydrogen-bond donors (Lipinski definition) is 1. The minimum absolute atomic E-state index is 0.236. The lowest BCUT2D eigenvalue weighted by Crippen LogP contribution is -2.52. The van der Waals surface area contributed by atoms with E-state index >= 15 is 0 Å². The molecule has 2 aromatic rings. The zero-order valence-corrected chi connectivity index (χ0v) is 14.4. The van der Waals surface area contributed by atoms with Crippen LogP contribution in [-0.4, -0.2) is 46.6 Å². The van der Waals surface area contributed by atoms with E-state index in [2.05, 4.69) is 21.5 Å². The first-order valence-electron chi connectivity index (χ1n) is 8.22. The number of nitrogens with zero attached hydrogens (tertiary/aromatic N) is 4. The fraction of sp³-hybridized carbons (Fsp3) is 0.333. The number of aromatic nitrogens is 2. The van der Waals surface area contributed by atoms with Gasteiger partial charge in [0.25, 0.3) is 5.91 Å². The van der Waals surface area contributed by atoms with Crippen molar-refractivity contribution in [2.24, 2.45) is 0 Å². The maximum Gasteiger partial charge on any atom is 0.270 e. The molecule has 0 aliphatic carbocycles. The maximum atomic E-state index is 12.6. The zero-order chi connectivity index (χ0) is 18.3. The number of nitriles is 1. The van der Waals surface area contributed by atoms with E-state index in [0.29, 0.717) is 30.4 Å². The Labute approximate surface area is 150 Å². The molecule has 2 aliphatic heterocycles. The molecule has 0 aromatic carbocycles. The van der Waals surface area contributed by atoms with E-state index in [1.54, 1.807) is 19.4 Å². The van der Waals surface area contributed by atoms with Gasteiger partial charge >= 0.3 is 0 Å². The quantitative estimate of drug-likeness (QED) is 0.822. The minimum Gasteiger partial charge on any atom is -0.481 e. The van der Waals surface area contributed by atoms with Gasteiger partial charge in [-0.1, -0.05) is 0 Å². The third-order valence-electron chi connectivity index (χ3n) is 4.76. The van der Waals surface area contributed by atoms with Crippen molar-refractivity contribution in [1.82, 2.24) is 14.9 Å². The van der Waals surface area contributed by atoms with Crippen LogP contribution in [0, 0.1) is 18.4 Å². The van der Waals surface area contributed by atoms with Gasteiger partial charge in [0.2, 0.25) is 17.4 Å². The highest BCUT2D eigenvalue weighted by atomic mass is 16.5. The Kier molecular flexibility index (Phi) is 3.65. The standard InChI is InChI=1S/C18H17N5O3/c1-11-13(3-4-15(21-11)25-2)12-7-14-16(20-8-12)26-18(17(24)22-14)5-6-23(9-18)10-19/h3-4,7-8H,5-6,9H2,1-2H3,(H,22,24)/t18-/m1/s1. The van der Waals surface area contributed by atoms with E-state index in [0.717, 1.165) is 16.8 Å². The molecule has 132 valence electrons. The summed E-state index contributed by atoms with van der Waals surface area (Å²) in [7, 11) is 1.57. The summed E-state index contributed by atoms with van der Waals surface area (Å²) in [5.74, 6) is 0.664. The monoisotopic (exact) mass is 351 g/mol. The number of anilines is 1. The number of amides is 1. The number of ether oxygens (including phenoxy) is 2. The average molecular weight is 351 g/mol. The number of rotatable bonds is 2. The van der Waals surface area contributed by atoms with Crippen molar-refractivity contribution in [3.8, 4) is 29.1 Å². The lowest BCUT2D eigenvalue weighted by molar-refractivity contribution is -0.131. The van der Waals surface area contributed by atoms with Gasteiger partial charge in [-0.25, -0.2) is 9.97 Å². The molecule has 1 amide bonds. The van der Waals surface area contributed by atoms with E-state index in [-0.39, 0.29) is 12.5 Å². The summed E-state index contributed by atoms with van der Waals surface area (Å²) in [6.07, 6.45) is 4.21. The highest BCUT2D eigenvalue weighted by molar-refractivity contribution is 6.01. The molecule has 4 rings (SSSR count). The molecule has 0 radical (unpaired) electrons. The predicted octanol–water partition coefficient (Wildman–Crippen LogP) is 1.72. The van der Waals surface area contributed by atoms with Crippen LogP contribution in [0.1, 0.15) is 12.1 Å². The van der Waals surface area contributed by atoms with Gasteiger partial charge < -0.3 is 19.7 Å². The summed E-state index contributed by atoms with van der Waals surface area (Å²) < 4.78 is 11.1. The second-order valence-corrected chi connectivity index (χ2v) is 6.39. The molecule has 4 heterocycles. The Bertz CT molecular complexity index is 939. The van der Waals surface area contributed by atoms with Gasteiger partial charge in [-0.15, -0.1) is 0 Å². The van der Waals surface area contributed by atoms with Crippen molar-refractivity contribution < 1.29 is 14.3 Å². The van der Waals surface area contributed by atoms with Gasteiger partial charge in [0.15, 0.2) is 6.19 Å². The summed E-state index contributed by atoms with van der Waals surface area (Å²) in [6, 6.07) is 5.50. The number of fused-ring (bicyclic) bond motifs is 1. The molecule has 1 atom stereocenters. The lowest BCUT2D eigenvalue weighted by Gasteiger charge is -2.33. The molecule has 1 saturated heterocycles. The van der Waals surface area contributed by atoms with Crippen molar-refractivity contribution in [1.29, 1.82) is 5.26 Å². The number of aryl methyl sites for hydroxylation is 1. The molecule has 8 heteroatoms. The average Bonchev–Trinajstić information content (AvgIpc) is 3.06. The molecule has 1 fully saturated rings. The van der Waals surface area contributed by atoms with Gasteiger partial charge in [0, 0.05) is 42.0 Å². The molecule has 1 N–H and O–H groups in total. The molecular formula is C18H17N5O3. The minimum atomic E-state index is -1.05. The van der Waals surface area contributed by atoms with E-state index in [4.69, 9.17) is 14.7 Å². The molecular weight excluding hydrogens is 334 g/mol. The lowest BCUT2D eigenvalue weighted by atomic mass is 9.99. The van der Waals surface area contributed by atoms with Crippen molar-refractivity contribution in [2.45, 2.75) is 18.9 Å². The normalized spacial score (nSPS) is 21.0. The highest BCUT2D eigenvalue weighted by Crippen LogP contribution is 2.38. The third kappa shape index (κ3) is 2.49. The number of methoxy groups -OCH3 is 1. The van der Waals surface area contributed by atoms with E-state index < -0.39 is 5.60 Å². The molecule has 2 aliphatic rings. The number of carbonyl (C=O) groups excluding carboxylic acids is 1. The third-order valence-corrected chi connectivity index (χ3v) is 4.76. The fourth-order valence-corrected chi connectivity index (χ4v) is 3.33. The van der Waals surface area contributed by atoms with Crippen LogP contribution < -0.4 is 14.8 Å². The van der Waals surface area contributed by atoms with Crippen LogP contribution >= 0.6 is 0 Å². The molecule has 2 aromatic heterocycles. The molecule has 0 unspecified atom stereocenters. The number of likely N-dealkylation sites (tertiary alicyclic amines) is 1. The first-order chi connectivity index (χ1) is 12.5. The van der Waals surface area contributed by atoms with Crippen LogP contribution in [0.4, 0.5) is 5.69 Å². The summed E-state index contributed by atoms with van der Waals surface area (Å²) >= 11 is 0. The highest BCUT2D eigenvalue weighted by Gasteiger charge is 2.50. The summed E-state index contributed by atoms with van der Waals surface area (Å²) in [4.78, 5) is 22.9. The first kappa shape index (κ1) is 16.1. The fourth-order valence-electron chi connectivity index (χ4n) is 3.33. The van der Waals surface area contributed by atoms with Crippen LogP contribution in [0.25, 0.3) is 11.1 Å². The van der Waals surface area contributed by atoms with Crippen LogP contribution in [0.2, 0.25) is 0 Å². The van der Waals surface area contributed by atoms with Gasteiger partial charge in [-0.05, 0) is 19.1 Å². The smallest absolute Gasteiger partial charge is 0.270 e. The Morgan fingerprint density at radius 2 is 2.31 bits per heavy atom. The maximum absolute atomic E-state index is 12.6. The zero-order valence-electron chi connectivity index (χ0n) is 14.4. The summed E-state index contributed by atoms with van der Waals surface area (Å²) in [5.41, 5.74) is 1.98. The SMILES string of the molecule is COc1ccc(-c2cnc3c(c2)NC(=O)[C@]2(CCN(C#N)C2)O3)c(C)n1. The molecule has 0 saturated carbocycles. The number of hydrogen-bond acceptors (Lipinski definition) is 7. The summed E-state index contributed by atoms with van der Waals surface area (Å²) in [5, 5.41) is 11.9. The number of nitrogens with one attached hydrogen (secondary N) is 1. The van der Waals surface area contributed by atoms with Crippen molar-refractivity contribution >= 4 is 11.6 Å². The number of pyridine rings is 2. The van der Waals surface area contributed by atoms with Crippen molar-refractivity contribution in [3.63, 3.8) is 0 Å². The van der Waals surface area contributed by atoms with Crippen molar-refractivity contribution in [2.75, 3.05) is 25.5 Å². The Morgan fingerprint density at radius 1 is 1.46 bits per heavy atom. The topological polar surface area (TPSA) is 100 Å². The van der Waals surface area contributed by atoms with E-state index in [1.807, 2.05) is 19.1 Å². The Morgan fingerprint density at radius 3 is 3.00 bits per heavy atom. The molecule has 0 bridgehead atoms. The summed E-state index contributed by atoms with van der Waals surface area (Å²) in [6.45, 7) is 2.62. The number of carbonyl (C=O) groups is 1. The van der Waals surface area contributed by atoms with Crippen molar-refractivity contribution in [3.05, 3.63) is 30.1 Å². The molecule has 1 spiro atoms. The van der Waals surface area contributed by atoms with Gasteiger partial charge in [0.05, 0.1) is 13.7 Å².